The van der Waals surface area contributed by atoms with Gasteiger partial charge in [0, 0.05) is 18.1 Å². The van der Waals surface area contributed by atoms with E-state index in [1.54, 1.807) is 41.2 Å². The fraction of sp³-hybridized carbons (Fsp3) is 0.150. The minimum Gasteiger partial charge on any atom is -0.466 e. The molecule has 27 heavy (non-hydrogen) atoms. The number of nitrogens with zero attached hydrogens (tertiary/aromatic N) is 2. The van der Waals surface area contributed by atoms with Gasteiger partial charge in [-0.15, -0.1) is 0 Å². The van der Waals surface area contributed by atoms with Crippen molar-refractivity contribution in [1.29, 1.82) is 0 Å². The van der Waals surface area contributed by atoms with Crippen LogP contribution < -0.4 is 15.4 Å². The average molecular weight is 362 g/mol. The van der Waals surface area contributed by atoms with E-state index in [9.17, 15) is 9.59 Å². The Bertz CT molecular complexity index is 1000. The van der Waals surface area contributed by atoms with E-state index < -0.39 is 17.4 Å². The Morgan fingerprint density at radius 2 is 2.07 bits per heavy atom. The molecule has 2 N–H and O–H groups in total. The number of fused-ring (bicyclic) bond motifs is 1. The van der Waals surface area contributed by atoms with Crippen molar-refractivity contribution in [2.75, 3.05) is 10.6 Å². The average Bonchev–Trinajstić information content (AvgIpc) is 3.16. The highest BCUT2D eigenvalue weighted by atomic mass is 16.5. The van der Waals surface area contributed by atoms with Crippen molar-refractivity contribution in [3.05, 3.63) is 72.6 Å². The van der Waals surface area contributed by atoms with Crippen LogP contribution in [-0.4, -0.2) is 27.2 Å². The summed E-state index contributed by atoms with van der Waals surface area (Å²) in [6.07, 6.45) is 3.58. The van der Waals surface area contributed by atoms with Gasteiger partial charge in [-0.2, -0.15) is 5.10 Å². The Morgan fingerprint density at radius 1 is 1.22 bits per heavy atom. The Balaban J connectivity index is 1.53. The summed E-state index contributed by atoms with van der Waals surface area (Å²) in [5.41, 5.74) is 0.447. The molecule has 1 atom stereocenters. The number of carbonyl (C=O) groups is 2. The molecule has 7 heteroatoms. The van der Waals surface area contributed by atoms with Crippen molar-refractivity contribution in [2.24, 2.45) is 0 Å². The minimum atomic E-state index is -1.66. The lowest BCUT2D eigenvalue weighted by Crippen LogP contribution is -2.56. The molecule has 0 aliphatic carbocycles. The molecule has 0 saturated heterocycles. The highest BCUT2D eigenvalue weighted by Gasteiger charge is 2.47. The van der Waals surface area contributed by atoms with Crippen LogP contribution >= 0.6 is 0 Å². The van der Waals surface area contributed by atoms with Crippen LogP contribution in [0.2, 0.25) is 0 Å². The van der Waals surface area contributed by atoms with Gasteiger partial charge in [-0.05, 0) is 42.8 Å². The number of ether oxygens (including phenoxy) is 1. The summed E-state index contributed by atoms with van der Waals surface area (Å²) in [6, 6.07) is 16.3. The van der Waals surface area contributed by atoms with Gasteiger partial charge in [0.2, 0.25) is 0 Å². The topological polar surface area (TPSA) is 85.2 Å². The van der Waals surface area contributed by atoms with Crippen molar-refractivity contribution >= 4 is 23.2 Å². The Labute approximate surface area is 156 Å². The molecule has 4 rings (SSSR count). The first-order valence-electron chi connectivity index (χ1n) is 8.52. The first-order valence-corrected chi connectivity index (χ1v) is 8.52. The quantitative estimate of drug-likeness (QED) is 0.699. The molecule has 1 unspecified atom stereocenters. The molecule has 2 heterocycles. The molecule has 136 valence electrons. The van der Waals surface area contributed by atoms with Crippen LogP contribution in [0.4, 0.5) is 11.4 Å². The largest absolute Gasteiger partial charge is 0.466 e. The minimum absolute atomic E-state index is 0.460. The van der Waals surface area contributed by atoms with E-state index in [-0.39, 0.29) is 0 Å². The lowest BCUT2D eigenvalue weighted by Gasteiger charge is -2.33. The molecule has 0 spiro atoms. The monoisotopic (exact) mass is 362 g/mol. The third-order valence-corrected chi connectivity index (χ3v) is 4.40. The number of carbonyl (C=O) groups excluding carboxylic acids is 2. The number of nitrogens with one attached hydrogen (secondary N) is 2. The lowest BCUT2D eigenvalue weighted by molar-refractivity contribution is -0.143. The second kappa shape index (κ2) is 6.60. The zero-order valence-corrected chi connectivity index (χ0v) is 14.7. The summed E-state index contributed by atoms with van der Waals surface area (Å²) in [5, 5.41) is 9.68. The molecule has 0 fully saturated rings. The number of hydrogen-bond donors (Lipinski definition) is 2. The maximum absolute atomic E-state index is 12.8. The third-order valence-electron chi connectivity index (χ3n) is 4.40. The molecule has 1 aliphatic heterocycles. The van der Waals surface area contributed by atoms with Crippen LogP contribution in [0.5, 0.6) is 5.75 Å². The third kappa shape index (κ3) is 3.27. The fourth-order valence-corrected chi connectivity index (χ4v) is 2.90. The van der Waals surface area contributed by atoms with Gasteiger partial charge >= 0.3 is 0 Å². The molecule has 0 radical (unpaired) electrons. The molecule has 7 nitrogen and oxygen atoms in total. The summed E-state index contributed by atoms with van der Waals surface area (Å²) in [7, 11) is 0. The maximum Gasteiger partial charge on any atom is 0.278 e. The molecule has 3 aromatic rings. The Morgan fingerprint density at radius 3 is 2.89 bits per heavy atom. The van der Waals surface area contributed by atoms with E-state index in [4.69, 9.17) is 4.74 Å². The van der Waals surface area contributed by atoms with Gasteiger partial charge in [0.15, 0.2) is 0 Å². The highest BCUT2D eigenvalue weighted by molar-refractivity contribution is 6.19. The van der Waals surface area contributed by atoms with E-state index in [0.717, 1.165) is 5.56 Å². The molecule has 0 saturated carbocycles. The van der Waals surface area contributed by atoms with Gasteiger partial charge in [-0.25, -0.2) is 0 Å². The van der Waals surface area contributed by atoms with Crippen LogP contribution in [0.15, 0.2) is 67.0 Å². The van der Waals surface area contributed by atoms with Crippen LogP contribution in [0.25, 0.3) is 0 Å². The van der Waals surface area contributed by atoms with E-state index in [0.29, 0.717) is 23.7 Å². The molecular weight excluding hydrogens is 344 g/mol. The normalized spacial score (nSPS) is 18.2. The number of rotatable bonds is 4. The summed E-state index contributed by atoms with van der Waals surface area (Å²) >= 11 is 0. The van der Waals surface area contributed by atoms with Crippen LogP contribution in [0.1, 0.15) is 12.5 Å². The number of anilines is 2. The molecule has 0 bridgehead atoms. The predicted molar refractivity (Wildman–Crippen MR) is 101 cm³/mol. The van der Waals surface area contributed by atoms with Crippen LogP contribution in [0.3, 0.4) is 0 Å². The number of hydrogen-bond acceptors (Lipinski definition) is 4. The SMILES string of the molecule is CC1(C(=O)Nc2cccc(Cn3cccn3)c2)Oc2ccccc2NC1=O. The summed E-state index contributed by atoms with van der Waals surface area (Å²) in [4.78, 5) is 25.3. The van der Waals surface area contributed by atoms with Crippen molar-refractivity contribution in [1.82, 2.24) is 9.78 Å². The molecule has 1 aliphatic rings. The van der Waals surface area contributed by atoms with Gasteiger partial charge in [0.1, 0.15) is 5.75 Å². The van der Waals surface area contributed by atoms with E-state index >= 15 is 0 Å². The Kier molecular flexibility index (Phi) is 4.12. The first-order chi connectivity index (χ1) is 13.0. The predicted octanol–water partition coefficient (Wildman–Crippen LogP) is 2.66. The highest BCUT2D eigenvalue weighted by Crippen LogP contribution is 2.33. The summed E-state index contributed by atoms with van der Waals surface area (Å²) < 4.78 is 7.53. The van der Waals surface area contributed by atoms with E-state index in [2.05, 4.69) is 15.7 Å². The molecular formula is C20H18N4O3. The molecule has 2 aromatic carbocycles. The van der Waals surface area contributed by atoms with E-state index in [1.807, 2.05) is 30.5 Å². The number of benzene rings is 2. The Hall–Kier alpha value is -3.61. The van der Waals surface area contributed by atoms with Crippen LogP contribution in [0, 0.1) is 0 Å². The number of aromatic nitrogens is 2. The molecule has 2 amide bonds. The van der Waals surface area contributed by atoms with Crippen molar-refractivity contribution in [2.45, 2.75) is 19.1 Å². The van der Waals surface area contributed by atoms with Gasteiger partial charge in [-0.1, -0.05) is 24.3 Å². The summed E-state index contributed by atoms with van der Waals surface area (Å²) in [6.45, 7) is 2.04. The smallest absolute Gasteiger partial charge is 0.278 e. The second-order valence-corrected chi connectivity index (χ2v) is 6.44. The van der Waals surface area contributed by atoms with Gasteiger partial charge < -0.3 is 15.4 Å². The van der Waals surface area contributed by atoms with Crippen molar-refractivity contribution < 1.29 is 14.3 Å². The second-order valence-electron chi connectivity index (χ2n) is 6.44. The maximum atomic E-state index is 12.8. The lowest BCUT2D eigenvalue weighted by atomic mass is 10.0. The van der Waals surface area contributed by atoms with Gasteiger partial charge in [0.05, 0.1) is 12.2 Å². The fourth-order valence-electron chi connectivity index (χ4n) is 2.90. The molecule has 1 aromatic heterocycles. The van der Waals surface area contributed by atoms with Crippen molar-refractivity contribution in [3.8, 4) is 5.75 Å². The van der Waals surface area contributed by atoms with E-state index in [1.165, 1.54) is 6.92 Å². The zero-order chi connectivity index (χ0) is 18.9. The number of amides is 2. The zero-order valence-electron chi connectivity index (χ0n) is 14.7. The van der Waals surface area contributed by atoms with Crippen molar-refractivity contribution in [3.63, 3.8) is 0 Å². The van der Waals surface area contributed by atoms with Gasteiger partial charge in [0.25, 0.3) is 17.4 Å². The first kappa shape index (κ1) is 16.8. The summed E-state index contributed by atoms with van der Waals surface area (Å²) in [5.74, 6) is -0.584. The standard InChI is InChI=1S/C20H18N4O3/c1-20(19(26)23-16-8-2-3-9-17(16)27-20)18(25)22-15-7-4-6-14(12-15)13-24-11-5-10-21-24/h2-12H,13H2,1H3,(H,22,25)(H,23,26). The van der Waals surface area contributed by atoms with Gasteiger partial charge in [-0.3, -0.25) is 14.3 Å². The van der Waals surface area contributed by atoms with Crippen LogP contribution in [-0.2, 0) is 16.1 Å². The number of para-hydroxylation sites is 2.